The first-order chi connectivity index (χ1) is 9.37. The Morgan fingerprint density at radius 1 is 1.10 bits per heavy atom. The van der Waals surface area contributed by atoms with Gasteiger partial charge in [0.2, 0.25) is 0 Å². The molecule has 0 atom stereocenters. The number of benzene rings is 1. The van der Waals surface area contributed by atoms with Gasteiger partial charge in [0.25, 0.3) is 0 Å². The van der Waals surface area contributed by atoms with E-state index in [0.717, 1.165) is 29.2 Å². The second-order valence-corrected chi connectivity index (χ2v) is 6.03. The van der Waals surface area contributed by atoms with Crippen LogP contribution in [0.15, 0.2) is 30.3 Å². The molecule has 0 fully saturated rings. The molecule has 0 aliphatic carbocycles. The minimum Gasteiger partial charge on any atom is -0.325 e. The summed E-state index contributed by atoms with van der Waals surface area (Å²) in [6.45, 7) is 8.15. The van der Waals surface area contributed by atoms with Crippen molar-refractivity contribution in [3.63, 3.8) is 0 Å². The summed E-state index contributed by atoms with van der Waals surface area (Å²) in [6.07, 6.45) is 1.73. The van der Waals surface area contributed by atoms with Gasteiger partial charge in [0.05, 0.1) is 5.69 Å². The summed E-state index contributed by atoms with van der Waals surface area (Å²) in [4.78, 5) is 9.14. The third-order valence-corrected chi connectivity index (χ3v) is 3.17. The lowest BCUT2D eigenvalue weighted by Crippen LogP contribution is -2.35. The van der Waals surface area contributed by atoms with Gasteiger partial charge < -0.3 is 5.73 Å². The molecule has 0 radical (unpaired) electrons. The van der Waals surface area contributed by atoms with Gasteiger partial charge in [-0.1, -0.05) is 31.2 Å². The minimum atomic E-state index is -0.295. The van der Waals surface area contributed by atoms with Gasteiger partial charge in [-0.3, -0.25) is 0 Å². The molecule has 20 heavy (non-hydrogen) atoms. The lowest BCUT2D eigenvalue weighted by Gasteiger charge is -2.17. The fourth-order valence-corrected chi connectivity index (χ4v) is 2.18. The van der Waals surface area contributed by atoms with E-state index in [1.54, 1.807) is 0 Å². The maximum absolute atomic E-state index is 6.06. The van der Waals surface area contributed by atoms with E-state index in [2.05, 4.69) is 41.2 Å². The Morgan fingerprint density at radius 2 is 1.75 bits per heavy atom. The summed E-state index contributed by atoms with van der Waals surface area (Å²) in [7, 11) is 0. The highest BCUT2D eigenvalue weighted by Crippen LogP contribution is 2.20. The molecule has 1 aromatic carbocycles. The third kappa shape index (κ3) is 3.87. The molecule has 106 valence electrons. The summed E-state index contributed by atoms with van der Waals surface area (Å²) in [5.41, 5.74) is 10.2. The molecule has 2 aromatic rings. The van der Waals surface area contributed by atoms with Crippen molar-refractivity contribution < 1.29 is 0 Å². The summed E-state index contributed by atoms with van der Waals surface area (Å²) in [6, 6.07) is 10.6. The molecule has 0 unspecified atom stereocenters. The Balaban J connectivity index is 2.35. The van der Waals surface area contributed by atoms with Gasteiger partial charge in [-0.15, -0.1) is 0 Å². The van der Waals surface area contributed by atoms with Crippen molar-refractivity contribution in [1.82, 2.24) is 9.97 Å². The summed E-state index contributed by atoms with van der Waals surface area (Å²) in [5.74, 6) is 0.812. The third-order valence-electron chi connectivity index (χ3n) is 3.17. The SMILES string of the molecule is CCc1ccc(-c2cc(C)nc(CC(C)(C)N)n2)cc1. The van der Waals surface area contributed by atoms with E-state index in [4.69, 9.17) is 5.73 Å². The zero-order valence-electron chi connectivity index (χ0n) is 12.8. The number of aryl methyl sites for hydroxylation is 2. The second-order valence-electron chi connectivity index (χ2n) is 6.03. The second kappa shape index (κ2) is 5.71. The molecule has 0 aliphatic rings. The highest BCUT2D eigenvalue weighted by molar-refractivity contribution is 5.59. The van der Waals surface area contributed by atoms with Crippen molar-refractivity contribution in [2.24, 2.45) is 5.73 Å². The minimum absolute atomic E-state index is 0.295. The van der Waals surface area contributed by atoms with Crippen LogP contribution in [0.25, 0.3) is 11.3 Å². The van der Waals surface area contributed by atoms with Gasteiger partial charge in [-0.2, -0.15) is 0 Å². The molecule has 3 heteroatoms. The fraction of sp³-hybridized carbons (Fsp3) is 0.412. The van der Waals surface area contributed by atoms with Crippen molar-refractivity contribution in [2.75, 3.05) is 0 Å². The molecule has 0 aliphatic heterocycles. The van der Waals surface area contributed by atoms with Crippen LogP contribution in [0.4, 0.5) is 0 Å². The zero-order chi connectivity index (χ0) is 14.8. The molecule has 1 heterocycles. The molecule has 0 saturated carbocycles. The molecule has 0 saturated heterocycles. The average molecular weight is 269 g/mol. The Kier molecular flexibility index (Phi) is 4.19. The van der Waals surface area contributed by atoms with E-state index in [9.17, 15) is 0 Å². The van der Waals surface area contributed by atoms with Crippen molar-refractivity contribution in [3.05, 3.63) is 47.4 Å². The van der Waals surface area contributed by atoms with Gasteiger partial charge >= 0.3 is 0 Å². The van der Waals surface area contributed by atoms with E-state index in [-0.39, 0.29) is 5.54 Å². The van der Waals surface area contributed by atoms with Gasteiger partial charge in [-0.05, 0) is 38.8 Å². The number of hydrogen-bond acceptors (Lipinski definition) is 3. The van der Waals surface area contributed by atoms with Gasteiger partial charge in [0, 0.05) is 23.2 Å². The quantitative estimate of drug-likeness (QED) is 0.926. The van der Waals surface area contributed by atoms with Crippen molar-refractivity contribution in [1.29, 1.82) is 0 Å². The first-order valence-corrected chi connectivity index (χ1v) is 7.10. The predicted molar refractivity (Wildman–Crippen MR) is 83.6 cm³/mol. The first-order valence-electron chi connectivity index (χ1n) is 7.10. The fourth-order valence-electron chi connectivity index (χ4n) is 2.18. The zero-order valence-corrected chi connectivity index (χ0v) is 12.8. The molecule has 0 spiro atoms. The molecule has 0 amide bonds. The number of hydrogen-bond donors (Lipinski definition) is 1. The molecule has 2 rings (SSSR count). The van der Waals surface area contributed by atoms with Crippen LogP contribution in [0, 0.1) is 6.92 Å². The highest BCUT2D eigenvalue weighted by atomic mass is 14.9. The van der Waals surface area contributed by atoms with Crippen LogP contribution < -0.4 is 5.73 Å². The lowest BCUT2D eigenvalue weighted by molar-refractivity contribution is 0.502. The number of nitrogens with zero attached hydrogens (tertiary/aromatic N) is 2. The van der Waals surface area contributed by atoms with Crippen LogP contribution in [0.5, 0.6) is 0 Å². The molecule has 1 aromatic heterocycles. The molecule has 3 nitrogen and oxygen atoms in total. The van der Waals surface area contributed by atoms with Crippen LogP contribution in [-0.4, -0.2) is 15.5 Å². The maximum atomic E-state index is 6.06. The van der Waals surface area contributed by atoms with Gasteiger partial charge in [-0.25, -0.2) is 9.97 Å². The summed E-state index contributed by atoms with van der Waals surface area (Å²) >= 11 is 0. The van der Waals surface area contributed by atoms with Gasteiger partial charge in [0.1, 0.15) is 5.82 Å². The monoisotopic (exact) mass is 269 g/mol. The Bertz CT molecular complexity index is 580. The van der Waals surface area contributed by atoms with Crippen LogP contribution in [0.1, 0.15) is 37.9 Å². The molecular formula is C17H23N3. The van der Waals surface area contributed by atoms with Gasteiger partial charge in [0.15, 0.2) is 0 Å². The van der Waals surface area contributed by atoms with Crippen molar-refractivity contribution >= 4 is 0 Å². The Labute approximate surface area is 121 Å². The molecular weight excluding hydrogens is 246 g/mol. The van der Waals surface area contributed by atoms with E-state index < -0.39 is 0 Å². The Hall–Kier alpha value is -1.74. The van der Waals surface area contributed by atoms with Crippen molar-refractivity contribution in [2.45, 2.75) is 46.1 Å². The predicted octanol–water partition coefficient (Wildman–Crippen LogP) is 3.29. The normalized spacial score (nSPS) is 11.7. The smallest absolute Gasteiger partial charge is 0.131 e. The first kappa shape index (κ1) is 14.7. The topological polar surface area (TPSA) is 51.8 Å². The average Bonchev–Trinajstić information content (AvgIpc) is 2.36. The number of rotatable bonds is 4. The summed E-state index contributed by atoms with van der Waals surface area (Å²) in [5, 5.41) is 0. The standard InChI is InChI=1S/C17H23N3/c1-5-13-6-8-14(9-7-13)15-10-12(2)19-16(20-15)11-17(3,4)18/h6-10H,5,11,18H2,1-4H3. The molecule has 2 N–H and O–H groups in total. The molecule has 0 bridgehead atoms. The largest absolute Gasteiger partial charge is 0.325 e. The summed E-state index contributed by atoms with van der Waals surface area (Å²) < 4.78 is 0. The van der Waals surface area contributed by atoms with E-state index in [1.807, 2.05) is 26.8 Å². The van der Waals surface area contributed by atoms with E-state index in [0.29, 0.717) is 6.42 Å². The van der Waals surface area contributed by atoms with E-state index >= 15 is 0 Å². The maximum Gasteiger partial charge on any atom is 0.131 e. The number of aromatic nitrogens is 2. The Morgan fingerprint density at radius 3 is 2.30 bits per heavy atom. The van der Waals surface area contributed by atoms with Crippen LogP contribution in [0.2, 0.25) is 0 Å². The van der Waals surface area contributed by atoms with E-state index in [1.165, 1.54) is 5.56 Å². The van der Waals surface area contributed by atoms with Crippen LogP contribution >= 0.6 is 0 Å². The van der Waals surface area contributed by atoms with Crippen LogP contribution in [0.3, 0.4) is 0 Å². The number of nitrogens with two attached hydrogens (primary N) is 1. The lowest BCUT2D eigenvalue weighted by atomic mass is 10.0. The van der Waals surface area contributed by atoms with Crippen molar-refractivity contribution in [3.8, 4) is 11.3 Å². The highest BCUT2D eigenvalue weighted by Gasteiger charge is 2.15. The van der Waals surface area contributed by atoms with Crippen LogP contribution in [-0.2, 0) is 12.8 Å².